The van der Waals surface area contributed by atoms with E-state index < -0.39 is 0 Å². The zero-order valence-corrected chi connectivity index (χ0v) is 12.6. The molecule has 0 spiro atoms. The first-order valence-electron chi connectivity index (χ1n) is 7.25. The van der Waals surface area contributed by atoms with Crippen LogP contribution in [-0.4, -0.2) is 30.2 Å². The maximum atomic E-state index is 5.39. The van der Waals surface area contributed by atoms with Crippen LogP contribution < -0.4 is 15.4 Å². The molecule has 0 aliphatic carbocycles. The molecular weight excluding hydrogens is 264 g/mol. The number of aryl methyl sites for hydroxylation is 1. The third-order valence-corrected chi connectivity index (χ3v) is 3.13. The molecule has 0 aliphatic rings. The molecule has 1 heterocycles. The van der Waals surface area contributed by atoms with E-state index in [1.807, 2.05) is 13.0 Å². The Morgan fingerprint density at radius 3 is 2.43 bits per heavy atom. The second-order valence-corrected chi connectivity index (χ2v) is 4.65. The Balaban J connectivity index is 1.89. The smallest absolute Gasteiger partial charge is 0.204 e. The number of hydrogen-bond donors (Lipinski definition) is 2. The van der Waals surface area contributed by atoms with Crippen molar-refractivity contribution in [1.82, 2.24) is 9.97 Å². The molecule has 2 rings (SSSR count). The summed E-state index contributed by atoms with van der Waals surface area (Å²) in [6.45, 7) is 3.66. The maximum absolute atomic E-state index is 5.39. The summed E-state index contributed by atoms with van der Waals surface area (Å²) < 4.78 is 5.39. The van der Waals surface area contributed by atoms with E-state index in [9.17, 15) is 0 Å². The minimum Gasteiger partial charge on any atom is -0.490 e. The number of nitrogens with zero attached hydrogens (tertiary/aromatic N) is 2. The first-order chi connectivity index (χ1) is 10.3. The molecule has 0 atom stereocenters. The minimum absolute atomic E-state index is 0.666. The van der Waals surface area contributed by atoms with Crippen molar-refractivity contribution in [2.24, 2.45) is 0 Å². The topological polar surface area (TPSA) is 59.1 Å². The second-order valence-electron chi connectivity index (χ2n) is 4.65. The van der Waals surface area contributed by atoms with Crippen LogP contribution in [0, 0.1) is 0 Å². The van der Waals surface area contributed by atoms with Crippen LogP contribution in [0.3, 0.4) is 0 Å². The standard InChI is InChI=1S/C16H22N4O/c1-3-17-15-14(21-2)16(20-12-19-15)18-11-7-10-13-8-5-4-6-9-13/h4-6,8-9,12H,3,7,10-11H2,1-2H3,(H2,17,18,19,20). The highest BCUT2D eigenvalue weighted by Crippen LogP contribution is 2.28. The lowest BCUT2D eigenvalue weighted by molar-refractivity contribution is 0.414. The largest absolute Gasteiger partial charge is 0.490 e. The van der Waals surface area contributed by atoms with Crippen LogP contribution in [-0.2, 0) is 6.42 Å². The SMILES string of the molecule is CCNc1ncnc(NCCCc2ccccc2)c1OC. The predicted molar refractivity (Wildman–Crippen MR) is 86.0 cm³/mol. The molecule has 0 saturated heterocycles. The van der Waals surface area contributed by atoms with E-state index >= 15 is 0 Å². The Morgan fingerprint density at radius 2 is 1.76 bits per heavy atom. The van der Waals surface area contributed by atoms with E-state index in [-0.39, 0.29) is 0 Å². The van der Waals surface area contributed by atoms with Crippen LogP contribution in [0.25, 0.3) is 0 Å². The van der Waals surface area contributed by atoms with Gasteiger partial charge in [0.15, 0.2) is 11.6 Å². The van der Waals surface area contributed by atoms with Gasteiger partial charge in [0, 0.05) is 13.1 Å². The monoisotopic (exact) mass is 286 g/mol. The first kappa shape index (κ1) is 15.1. The molecule has 0 bridgehead atoms. The Bertz CT molecular complexity index is 545. The third-order valence-electron chi connectivity index (χ3n) is 3.13. The van der Waals surface area contributed by atoms with Gasteiger partial charge in [0.2, 0.25) is 5.75 Å². The fourth-order valence-electron chi connectivity index (χ4n) is 2.13. The van der Waals surface area contributed by atoms with Crippen LogP contribution in [0.1, 0.15) is 18.9 Å². The van der Waals surface area contributed by atoms with Crippen LogP contribution in [0.5, 0.6) is 5.75 Å². The van der Waals surface area contributed by atoms with Crippen LogP contribution in [0.2, 0.25) is 0 Å². The summed E-state index contributed by atoms with van der Waals surface area (Å²) in [5.74, 6) is 2.12. The fourth-order valence-corrected chi connectivity index (χ4v) is 2.13. The highest BCUT2D eigenvalue weighted by atomic mass is 16.5. The van der Waals surface area contributed by atoms with Crippen molar-refractivity contribution in [2.45, 2.75) is 19.8 Å². The average Bonchev–Trinajstić information content (AvgIpc) is 2.53. The number of nitrogens with one attached hydrogen (secondary N) is 2. The average molecular weight is 286 g/mol. The van der Waals surface area contributed by atoms with Gasteiger partial charge in [0.1, 0.15) is 6.33 Å². The number of methoxy groups -OCH3 is 1. The molecule has 0 unspecified atom stereocenters. The number of hydrogen-bond acceptors (Lipinski definition) is 5. The van der Waals surface area contributed by atoms with E-state index in [1.165, 1.54) is 5.56 Å². The highest BCUT2D eigenvalue weighted by Gasteiger charge is 2.10. The zero-order valence-electron chi connectivity index (χ0n) is 12.6. The minimum atomic E-state index is 0.666. The normalized spacial score (nSPS) is 10.2. The van der Waals surface area contributed by atoms with Crippen molar-refractivity contribution in [3.63, 3.8) is 0 Å². The summed E-state index contributed by atoms with van der Waals surface area (Å²) in [5.41, 5.74) is 1.35. The number of anilines is 2. The van der Waals surface area contributed by atoms with Gasteiger partial charge in [0.25, 0.3) is 0 Å². The van der Waals surface area contributed by atoms with Crippen LogP contribution in [0.4, 0.5) is 11.6 Å². The van der Waals surface area contributed by atoms with E-state index in [2.05, 4.69) is 44.9 Å². The van der Waals surface area contributed by atoms with Gasteiger partial charge in [-0.2, -0.15) is 0 Å². The van der Waals surface area contributed by atoms with Crippen molar-refractivity contribution in [2.75, 3.05) is 30.8 Å². The Kier molecular flexibility index (Phi) is 5.82. The molecule has 1 aromatic carbocycles. The van der Waals surface area contributed by atoms with Crippen LogP contribution in [0.15, 0.2) is 36.7 Å². The van der Waals surface area contributed by atoms with Crippen molar-refractivity contribution in [1.29, 1.82) is 0 Å². The second kappa shape index (κ2) is 8.09. The molecule has 2 N–H and O–H groups in total. The van der Waals surface area contributed by atoms with Gasteiger partial charge >= 0.3 is 0 Å². The summed E-state index contributed by atoms with van der Waals surface area (Å²) in [4.78, 5) is 8.44. The maximum Gasteiger partial charge on any atom is 0.204 e. The zero-order chi connectivity index (χ0) is 14.9. The van der Waals surface area contributed by atoms with Gasteiger partial charge in [0.05, 0.1) is 7.11 Å². The van der Waals surface area contributed by atoms with Crippen molar-refractivity contribution in [3.05, 3.63) is 42.2 Å². The molecule has 0 fully saturated rings. The van der Waals surface area contributed by atoms with E-state index in [1.54, 1.807) is 13.4 Å². The van der Waals surface area contributed by atoms with Crippen molar-refractivity contribution >= 4 is 11.6 Å². The fraction of sp³-hybridized carbons (Fsp3) is 0.375. The van der Waals surface area contributed by atoms with E-state index in [4.69, 9.17) is 4.74 Å². The molecule has 5 heteroatoms. The van der Waals surface area contributed by atoms with E-state index in [0.717, 1.165) is 37.6 Å². The number of ether oxygens (including phenoxy) is 1. The molecule has 0 aliphatic heterocycles. The lowest BCUT2D eigenvalue weighted by Crippen LogP contribution is -2.09. The first-order valence-corrected chi connectivity index (χ1v) is 7.25. The summed E-state index contributed by atoms with van der Waals surface area (Å²) in [6, 6.07) is 10.5. The molecule has 2 aromatic rings. The van der Waals surface area contributed by atoms with Gasteiger partial charge < -0.3 is 15.4 Å². The summed E-state index contributed by atoms with van der Waals surface area (Å²) in [7, 11) is 1.63. The summed E-state index contributed by atoms with van der Waals surface area (Å²) in [5, 5.41) is 6.48. The molecule has 5 nitrogen and oxygen atoms in total. The molecule has 21 heavy (non-hydrogen) atoms. The van der Waals surface area contributed by atoms with Crippen LogP contribution >= 0.6 is 0 Å². The van der Waals surface area contributed by atoms with Gasteiger partial charge in [-0.25, -0.2) is 9.97 Å². The van der Waals surface area contributed by atoms with Gasteiger partial charge in [-0.3, -0.25) is 0 Å². The number of rotatable bonds is 8. The summed E-state index contributed by atoms with van der Waals surface area (Å²) in [6.07, 6.45) is 3.62. The summed E-state index contributed by atoms with van der Waals surface area (Å²) >= 11 is 0. The molecule has 0 radical (unpaired) electrons. The molecule has 1 aromatic heterocycles. The van der Waals surface area contributed by atoms with Gasteiger partial charge in [-0.05, 0) is 25.3 Å². The van der Waals surface area contributed by atoms with Gasteiger partial charge in [-0.15, -0.1) is 0 Å². The van der Waals surface area contributed by atoms with Gasteiger partial charge in [-0.1, -0.05) is 30.3 Å². The lowest BCUT2D eigenvalue weighted by atomic mass is 10.1. The molecule has 0 amide bonds. The third kappa shape index (κ3) is 4.34. The van der Waals surface area contributed by atoms with Crippen molar-refractivity contribution < 1.29 is 4.74 Å². The molecular formula is C16H22N4O. The number of benzene rings is 1. The highest BCUT2D eigenvalue weighted by molar-refractivity contribution is 5.63. The Morgan fingerprint density at radius 1 is 1.05 bits per heavy atom. The lowest BCUT2D eigenvalue weighted by Gasteiger charge is -2.13. The molecule has 0 saturated carbocycles. The quantitative estimate of drug-likeness (QED) is 0.731. The Labute approximate surface area is 125 Å². The predicted octanol–water partition coefficient (Wildman–Crippen LogP) is 2.96. The van der Waals surface area contributed by atoms with E-state index in [0.29, 0.717) is 5.75 Å². The molecule has 112 valence electrons. The Hall–Kier alpha value is -2.30. The van der Waals surface area contributed by atoms with Crippen molar-refractivity contribution in [3.8, 4) is 5.75 Å². The number of aromatic nitrogens is 2.